The van der Waals surface area contributed by atoms with Gasteiger partial charge in [0.2, 0.25) is 5.43 Å². The molecule has 0 unspecified atom stereocenters. The Kier molecular flexibility index (Phi) is 5.24. The van der Waals surface area contributed by atoms with Crippen LogP contribution in [0, 0.1) is 0 Å². The van der Waals surface area contributed by atoms with Crippen molar-refractivity contribution in [3.8, 4) is 22.6 Å². The first-order valence-corrected chi connectivity index (χ1v) is 8.87. The highest BCUT2D eigenvalue weighted by molar-refractivity contribution is 6.32. The highest BCUT2D eigenvalue weighted by Gasteiger charge is 2.24. The minimum Gasteiger partial charge on any atom is -0.495 e. The second kappa shape index (κ2) is 7.45. The summed E-state index contributed by atoms with van der Waals surface area (Å²) in [6, 6.07) is 10.9. The van der Waals surface area contributed by atoms with Gasteiger partial charge in [-0.05, 0) is 23.1 Å². The van der Waals surface area contributed by atoms with Gasteiger partial charge in [0.1, 0.15) is 17.2 Å². The van der Waals surface area contributed by atoms with Crippen LogP contribution in [0.2, 0.25) is 5.02 Å². The number of hydrogen-bond donors (Lipinski definition) is 1. The first-order valence-electron chi connectivity index (χ1n) is 8.49. The van der Waals surface area contributed by atoms with Gasteiger partial charge in [0.25, 0.3) is 5.43 Å². The normalized spacial score (nSPS) is 11.0. The number of hydrogen-bond acceptors (Lipinski definition) is 5. The van der Waals surface area contributed by atoms with E-state index in [4.69, 9.17) is 21.1 Å². The smallest absolute Gasteiger partial charge is 0.250 e. The summed E-state index contributed by atoms with van der Waals surface area (Å²) in [5.74, 6) is 1.29. The molecule has 0 aliphatic rings. The van der Waals surface area contributed by atoms with Crippen LogP contribution in [0.4, 0.5) is 11.4 Å². The van der Waals surface area contributed by atoms with Crippen molar-refractivity contribution in [2.24, 2.45) is 0 Å². The van der Waals surface area contributed by atoms with E-state index in [0.717, 1.165) is 5.56 Å². The summed E-state index contributed by atoms with van der Waals surface area (Å²) in [6.45, 7) is 4.19. The third-order valence-corrected chi connectivity index (χ3v) is 4.81. The van der Waals surface area contributed by atoms with E-state index in [0.29, 0.717) is 39.3 Å². The molecule has 3 aromatic rings. The second-order valence-electron chi connectivity index (χ2n) is 6.50. The van der Waals surface area contributed by atoms with Gasteiger partial charge in [0.15, 0.2) is 0 Å². The molecule has 0 spiro atoms. The Balaban J connectivity index is 2.01. The fraction of sp³-hybridized carbons (Fsp3) is 0.238. The molecule has 1 N–H and O–H groups in total. The molecule has 0 saturated carbocycles. The zero-order valence-electron chi connectivity index (χ0n) is 15.6. The predicted octanol–water partition coefficient (Wildman–Crippen LogP) is 4.49. The Bertz CT molecular complexity index is 1050. The van der Waals surface area contributed by atoms with Gasteiger partial charge in [-0.3, -0.25) is 9.59 Å². The van der Waals surface area contributed by atoms with Crippen molar-refractivity contribution in [2.75, 3.05) is 19.5 Å². The Morgan fingerprint density at radius 2 is 1.56 bits per heavy atom. The molecule has 0 aliphatic carbocycles. The minimum atomic E-state index is -0.563. The summed E-state index contributed by atoms with van der Waals surface area (Å²) >= 11 is 6.18. The lowest BCUT2D eigenvalue weighted by atomic mass is 9.95. The van der Waals surface area contributed by atoms with Crippen LogP contribution in [0.25, 0.3) is 11.1 Å². The molecule has 0 aliphatic heterocycles. The number of methoxy groups -OCH3 is 2. The number of ether oxygens (including phenoxy) is 2. The maximum Gasteiger partial charge on any atom is 0.250 e. The number of nitrogens with one attached hydrogen (secondary N) is 1. The van der Waals surface area contributed by atoms with E-state index in [9.17, 15) is 9.59 Å². The SMILES string of the molecule is COc1cc(OC)c(Nc2c(-c3ccc(C(C)C)cc3)c(=O)c2=O)cc1Cl. The highest BCUT2D eigenvalue weighted by atomic mass is 35.5. The van der Waals surface area contributed by atoms with E-state index in [1.807, 2.05) is 24.3 Å². The van der Waals surface area contributed by atoms with E-state index < -0.39 is 10.9 Å². The Morgan fingerprint density at radius 3 is 2.11 bits per heavy atom. The molecule has 27 heavy (non-hydrogen) atoms. The Morgan fingerprint density at radius 1 is 0.926 bits per heavy atom. The van der Waals surface area contributed by atoms with Gasteiger partial charge in [-0.25, -0.2) is 0 Å². The predicted molar refractivity (Wildman–Crippen MR) is 109 cm³/mol. The Labute approximate surface area is 162 Å². The van der Waals surface area contributed by atoms with Crippen molar-refractivity contribution in [2.45, 2.75) is 19.8 Å². The standard InChI is InChI=1S/C21H20ClNO4/c1-11(2)12-5-7-13(8-6-12)18-19(21(25)20(18)24)23-15-9-14(22)16(26-3)10-17(15)27-4/h5-11,23H,1-4H3. The highest BCUT2D eigenvalue weighted by Crippen LogP contribution is 2.38. The van der Waals surface area contributed by atoms with Crippen molar-refractivity contribution in [1.29, 1.82) is 0 Å². The molecule has 0 saturated heterocycles. The molecule has 5 nitrogen and oxygen atoms in total. The van der Waals surface area contributed by atoms with Crippen LogP contribution in [0.1, 0.15) is 25.3 Å². The van der Waals surface area contributed by atoms with Crippen molar-refractivity contribution < 1.29 is 9.47 Å². The molecule has 3 aromatic carbocycles. The lowest BCUT2D eigenvalue weighted by Crippen LogP contribution is -2.35. The largest absolute Gasteiger partial charge is 0.495 e. The maximum atomic E-state index is 12.2. The number of halogens is 1. The lowest BCUT2D eigenvalue weighted by molar-refractivity contribution is 0.396. The summed E-state index contributed by atoms with van der Waals surface area (Å²) in [7, 11) is 3.00. The molecule has 140 valence electrons. The molecule has 0 bridgehead atoms. The summed E-state index contributed by atoms with van der Waals surface area (Å²) in [4.78, 5) is 24.3. The van der Waals surface area contributed by atoms with E-state index in [-0.39, 0.29) is 5.69 Å². The second-order valence-corrected chi connectivity index (χ2v) is 6.90. The molecule has 6 heteroatoms. The molecule has 0 atom stereocenters. The quantitative estimate of drug-likeness (QED) is 0.633. The van der Waals surface area contributed by atoms with Crippen LogP contribution in [0.15, 0.2) is 46.0 Å². The van der Waals surface area contributed by atoms with Gasteiger partial charge in [-0.2, -0.15) is 0 Å². The van der Waals surface area contributed by atoms with Gasteiger partial charge < -0.3 is 14.8 Å². The van der Waals surface area contributed by atoms with Crippen LogP contribution in [-0.4, -0.2) is 14.2 Å². The summed E-state index contributed by atoms with van der Waals surface area (Å²) in [5.41, 5.74) is 1.87. The monoisotopic (exact) mass is 385 g/mol. The minimum absolute atomic E-state index is 0.233. The molecular weight excluding hydrogens is 366 g/mol. The zero-order chi connectivity index (χ0) is 19.7. The molecule has 3 rings (SSSR count). The fourth-order valence-corrected chi connectivity index (χ4v) is 3.15. The first kappa shape index (κ1) is 19.0. The van der Waals surface area contributed by atoms with Crippen molar-refractivity contribution in [1.82, 2.24) is 0 Å². The van der Waals surface area contributed by atoms with E-state index in [1.54, 1.807) is 12.1 Å². The number of benzene rings is 2. The van der Waals surface area contributed by atoms with Gasteiger partial charge in [-0.15, -0.1) is 0 Å². The third kappa shape index (κ3) is 3.43. The fourth-order valence-electron chi connectivity index (χ4n) is 2.91. The zero-order valence-corrected chi connectivity index (χ0v) is 16.3. The summed E-state index contributed by atoms with van der Waals surface area (Å²) in [5, 5.41) is 3.36. The molecule has 0 heterocycles. The molecular formula is C21H20ClNO4. The topological polar surface area (TPSA) is 64.6 Å². The van der Waals surface area contributed by atoms with Crippen LogP contribution in [-0.2, 0) is 0 Å². The molecule has 0 radical (unpaired) electrons. The first-order chi connectivity index (χ1) is 12.9. The maximum absolute atomic E-state index is 12.2. The molecule has 0 amide bonds. The lowest BCUT2D eigenvalue weighted by Gasteiger charge is -2.17. The van der Waals surface area contributed by atoms with Gasteiger partial charge in [0, 0.05) is 6.07 Å². The van der Waals surface area contributed by atoms with Gasteiger partial charge in [-0.1, -0.05) is 49.7 Å². The van der Waals surface area contributed by atoms with Crippen molar-refractivity contribution >= 4 is 23.0 Å². The van der Waals surface area contributed by atoms with Crippen LogP contribution >= 0.6 is 11.6 Å². The van der Waals surface area contributed by atoms with E-state index in [2.05, 4.69) is 19.2 Å². The van der Waals surface area contributed by atoms with E-state index >= 15 is 0 Å². The van der Waals surface area contributed by atoms with Gasteiger partial charge >= 0.3 is 0 Å². The number of rotatable bonds is 6. The van der Waals surface area contributed by atoms with Gasteiger partial charge in [0.05, 0.1) is 30.5 Å². The Hall–Kier alpha value is -2.79. The third-order valence-electron chi connectivity index (χ3n) is 4.51. The molecule has 0 aromatic heterocycles. The molecule has 0 fully saturated rings. The average Bonchev–Trinajstić information content (AvgIpc) is 2.67. The number of anilines is 2. The average molecular weight is 386 g/mol. The van der Waals surface area contributed by atoms with Crippen molar-refractivity contribution in [3.63, 3.8) is 0 Å². The van der Waals surface area contributed by atoms with Crippen LogP contribution < -0.4 is 25.6 Å². The summed E-state index contributed by atoms with van der Waals surface area (Å²) < 4.78 is 10.5. The van der Waals surface area contributed by atoms with Crippen LogP contribution in [0.5, 0.6) is 11.5 Å². The van der Waals surface area contributed by atoms with E-state index in [1.165, 1.54) is 14.2 Å². The van der Waals surface area contributed by atoms with Crippen LogP contribution in [0.3, 0.4) is 0 Å². The van der Waals surface area contributed by atoms with Crippen molar-refractivity contribution in [3.05, 3.63) is 67.4 Å². The summed E-state index contributed by atoms with van der Waals surface area (Å²) in [6.07, 6.45) is 0.